The highest BCUT2D eigenvalue weighted by molar-refractivity contribution is 7.71. The molecule has 0 fully saturated rings. The van der Waals surface area contributed by atoms with E-state index >= 15 is 0 Å². The summed E-state index contributed by atoms with van der Waals surface area (Å²) in [6.45, 7) is 4.56. The van der Waals surface area contributed by atoms with Crippen LogP contribution in [0.25, 0.3) is 5.69 Å². The smallest absolute Gasteiger partial charge is 0.199 e. The third-order valence-corrected chi connectivity index (χ3v) is 3.12. The third kappa shape index (κ3) is 2.42. The molecule has 1 N–H and O–H groups in total. The SMILES string of the molecule is CCOc1ccc(Cl)c(-n2c(CC)n[nH]c2=S)c1. The second-order valence-corrected chi connectivity index (χ2v) is 4.47. The fraction of sp³-hybridized carbons (Fsp3) is 0.333. The van der Waals surface area contributed by atoms with Crippen LogP contribution in [0.2, 0.25) is 5.02 Å². The van der Waals surface area contributed by atoms with Crippen molar-refractivity contribution in [3.05, 3.63) is 33.8 Å². The molecule has 6 heteroatoms. The second kappa shape index (κ2) is 5.54. The zero-order valence-corrected chi connectivity index (χ0v) is 11.8. The van der Waals surface area contributed by atoms with Gasteiger partial charge in [-0.25, -0.2) is 0 Å². The van der Waals surface area contributed by atoms with Gasteiger partial charge in [0.1, 0.15) is 11.6 Å². The summed E-state index contributed by atoms with van der Waals surface area (Å²) in [6, 6.07) is 5.51. The first-order valence-corrected chi connectivity index (χ1v) is 6.55. The van der Waals surface area contributed by atoms with Crippen molar-refractivity contribution in [1.29, 1.82) is 0 Å². The predicted molar refractivity (Wildman–Crippen MR) is 74.3 cm³/mol. The first-order chi connectivity index (χ1) is 8.67. The molecule has 0 atom stereocenters. The van der Waals surface area contributed by atoms with Gasteiger partial charge in [0, 0.05) is 12.5 Å². The number of hydrogen-bond acceptors (Lipinski definition) is 3. The Morgan fingerprint density at radius 3 is 2.89 bits per heavy atom. The molecule has 0 aliphatic heterocycles. The number of aromatic nitrogens is 3. The third-order valence-electron chi connectivity index (χ3n) is 2.53. The Bertz CT molecular complexity index is 606. The van der Waals surface area contributed by atoms with Crippen molar-refractivity contribution in [2.75, 3.05) is 6.61 Å². The van der Waals surface area contributed by atoms with Crippen LogP contribution in [0.1, 0.15) is 19.7 Å². The molecule has 0 saturated heterocycles. The van der Waals surface area contributed by atoms with Gasteiger partial charge in [0.2, 0.25) is 0 Å². The minimum atomic E-state index is 0.530. The molecule has 1 heterocycles. The Hall–Kier alpha value is -1.33. The van der Waals surface area contributed by atoms with E-state index in [1.165, 1.54) is 0 Å². The van der Waals surface area contributed by atoms with Crippen LogP contribution < -0.4 is 4.74 Å². The monoisotopic (exact) mass is 283 g/mol. The lowest BCUT2D eigenvalue weighted by molar-refractivity contribution is 0.340. The van der Waals surface area contributed by atoms with E-state index in [4.69, 9.17) is 28.6 Å². The van der Waals surface area contributed by atoms with Crippen molar-refractivity contribution in [3.63, 3.8) is 0 Å². The number of nitrogens with zero attached hydrogens (tertiary/aromatic N) is 2. The summed E-state index contributed by atoms with van der Waals surface area (Å²) in [5.74, 6) is 1.61. The zero-order chi connectivity index (χ0) is 13.1. The lowest BCUT2D eigenvalue weighted by Gasteiger charge is -2.10. The molecular weight excluding hydrogens is 270 g/mol. The number of ether oxygens (including phenoxy) is 1. The first-order valence-electron chi connectivity index (χ1n) is 5.76. The Labute approximate surface area is 116 Å². The van der Waals surface area contributed by atoms with E-state index in [0.29, 0.717) is 16.4 Å². The summed E-state index contributed by atoms with van der Waals surface area (Å²) in [5, 5.41) is 7.57. The number of H-pyrrole nitrogens is 1. The Balaban J connectivity index is 2.58. The summed E-state index contributed by atoms with van der Waals surface area (Å²) in [4.78, 5) is 0. The highest BCUT2D eigenvalue weighted by atomic mass is 35.5. The van der Waals surface area contributed by atoms with E-state index in [2.05, 4.69) is 10.2 Å². The molecule has 0 saturated carbocycles. The van der Waals surface area contributed by atoms with Crippen LogP contribution in [0.15, 0.2) is 18.2 Å². The van der Waals surface area contributed by atoms with Crippen molar-refractivity contribution >= 4 is 23.8 Å². The molecule has 0 unspecified atom stereocenters. The molecule has 0 radical (unpaired) electrons. The van der Waals surface area contributed by atoms with Crippen molar-refractivity contribution in [1.82, 2.24) is 14.8 Å². The highest BCUT2D eigenvalue weighted by Crippen LogP contribution is 2.26. The van der Waals surface area contributed by atoms with Gasteiger partial charge in [0.05, 0.1) is 17.3 Å². The average Bonchev–Trinajstić information content (AvgIpc) is 2.73. The summed E-state index contributed by atoms with van der Waals surface area (Å²) >= 11 is 11.5. The number of halogens is 1. The number of aryl methyl sites for hydroxylation is 1. The van der Waals surface area contributed by atoms with E-state index < -0.39 is 0 Å². The summed E-state index contributed by atoms with van der Waals surface area (Å²) < 4.78 is 7.84. The largest absolute Gasteiger partial charge is 0.494 e. The lowest BCUT2D eigenvalue weighted by Crippen LogP contribution is -2.02. The van der Waals surface area contributed by atoms with Gasteiger partial charge in [0.25, 0.3) is 0 Å². The van der Waals surface area contributed by atoms with E-state index in [1.807, 2.05) is 30.5 Å². The van der Waals surface area contributed by atoms with Crippen LogP contribution >= 0.6 is 23.8 Å². The van der Waals surface area contributed by atoms with Crippen LogP contribution in [0.5, 0.6) is 5.75 Å². The lowest BCUT2D eigenvalue weighted by atomic mass is 10.3. The van der Waals surface area contributed by atoms with Gasteiger partial charge in [-0.1, -0.05) is 18.5 Å². The van der Waals surface area contributed by atoms with Crippen molar-refractivity contribution in [2.45, 2.75) is 20.3 Å². The molecule has 2 aromatic rings. The summed E-state index contributed by atoms with van der Waals surface area (Å²) in [6.07, 6.45) is 0.766. The maximum atomic E-state index is 6.22. The van der Waals surface area contributed by atoms with Crippen LogP contribution in [0.4, 0.5) is 0 Å². The molecule has 4 nitrogen and oxygen atoms in total. The molecule has 1 aromatic heterocycles. The molecule has 0 aliphatic carbocycles. The van der Waals surface area contributed by atoms with Crippen molar-refractivity contribution < 1.29 is 4.74 Å². The number of aromatic amines is 1. The Morgan fingerprint density at radius 2 is 2.22 bits per heavy atom. The van der Waals surface area contributed by atoms with Crippen LogP contribution in [-0.4, -0.2) is 21.4 Å². The number of benzene rings is 1. The molecule has 2 rings (SSSR count). The standard InChI is InChI=1S/C12H14ClN3OS/c1-3-11-14-15-12(18)16(11)10-7-8(17-4-2)5-6-9(10)13/h5-7H,3-4H2,1-2H3,(H,15,18). The number of nitrogens with one attached hydrogen (secondary N) is 1. The predicted octanol–water partition coefficient (Wildman–Crippen LogP) is 3.54. The minimum Gasteiger partial charge on any atom is -0.494 e. The number of hydrogen-bond donors (Lipinski definition) is 1. The van der Waals surface area contributed by atoms with Crippen molar-refractivity contribution in [2.24, 2.45) is 0 Å². The second-order valence-electron chi connectivity index (χ2n) is 3.68. The zero-order valence-electron chi connectivity index (χ0n) is 10.2. The average molecular weight is 284 g/mol. The van der Waals surface area contributed by atoms with Gasteiger partial charge in [-0.05, 0) is 31.3 Å². The van der Waals surface area contributed by atoms with Gasteiger partial charge in [-0.2, -0.15) is 5.10 Å². The van der Waals surface area contributed by atoms with E-state index in [9.17, 15) is 0 Å². The maximum absolute atomic E-state index is 6.22. The Kier molecular flexibility index (Phi) is 4.04. The number of rotatable bonds is 4. The van der Waals surface area contributed by atoms with Gasteiger partial charge in [0.15, 0.2) is 4.77 Å². The maximum Gasteiger partial charge on any atom is 0.199 e. The van der Waals surface area contributed by atoms with Gasteiger partial charge < -0.3 is 4.74 Å². The first kappa shape index (κ1) is 13.1. The van der Waals surface area contributed by atoms with Crippen molar-refractivity contribution in [3.8, 4) is 11.4 Å². The van der Waals surface area contributed by atoms with Crippen LogP contribution in [-0.2, 0) is 6.42 Å². The van der Waals surface area contributed by atoms with E-state index in [-0.39, 0.29) is 0 Å². The van der Waals surface area contributed by atoms with Crippen LogP contribution in [0.3, 0.4) is 0 Å². The molecule has 1 aromatic carbocycles. The van der Waals surface area contributed by atoms with E-state index in [1.54, 1.807) is 6.07 Å². The fourth-order valence-corrected chi connectivity index (χ4v) is 2.19. The minimum absolute atomic E-state index is 0.530. The molecule has 0 spiro atoms. The summed E-state index contributed by atoms with van der Waals surface area (Å²) in [7, 11) is 0. The molecule has 0 aliphatic rings. The van der Waals surface area contributed by atoms with Gasteiger partial charge in [-0.15, -0.1) is 0 Å². The topological polar surface area (TPSA) is 42.8 Å². The van der Waals surface area contributed by atoms with Gasteiger partial charge in [-0.3, -0.25) is 9.67 Å². The fourth-order valence-electron chi connectivity index (χ4n) is 1.74. The Morgan fingerprint density at radius 1 is 1.44 bits per heavy atom. The normalized spacial score (nSPS) is 10.6. The molecule has 0 bridgehead atoms. The quantitative estimate of drug-likeness (QED) is 0.873. The van der Waals surface area contributed by atoms with E-state index in [0.717, 1.165) is 23.7 Å². The molecule has 0 amide bonds. The summed E-state index contributed by atoms with van der Waals surface area (Å²) in [5.41, 5.74) is 0.790. The van der Waals surface area contributed by atoms with Crippen LogP contribution in [0, 0.1) is 4.77 Å². The molecular formula is C12H14ClN3OS. The van der Waals surface area contributed by atoms with Gasteiger partial charge >= 0.3 is 0 Å². The molecule has 18 heavy (non-hydrogen) atoms. The highest BCUT2D eigenvalue weighted by Gasteiger charge is 2.11. The molecule has 96 valence electrons.